The highest BCUT2D eigenvalue weighted by molar-refractivity contribution is 7.10. The summed E-state index contributed by atoms with van der Waals surface area (Å²) in [4.78, 5) is 6.49. The zero-order chi connectivity index (χ0) is 15.4. The predicted octanol–water partition coefficient (Wildman–Crippen LogP) is 2.95. The number of hydrogen-bond acceptors (Lipinski definition) is 4. The highest BCUT2D eigenvalue weighted by atomic mass is 32.1. The first-order valence-corrected chi connectivity index (χ1v) is 8.91. The minimum Gasteiger partial charge on any atom is -0.326 e. The lowest BCUT2D eigenvalue weighted by Gasteiger charge is -2.40. The van der Waals surface area contributed by atoms with Crippen molar-refractivity contribution < 1.29 is 0 Å². The molecule has 22 heavy (non-hydrogen) atoms. The topological polar surface area (TPSA) is 32.5 Å². The number of nitrogens with zero attached hydrogens (tertiary/aromatic N) is 2. The maximum absolute atomic E-state index is 6.27. The standard InChI is InChI=1S/C18H25N3S/c1-15(19)18(17-8-5-13-22-17)21-11-9-20(10-12-21)14-16-6-3-2-4-7-16/h2-8,13,15,18H,9-12,14,19H2,1H3/t15-,18+/m1/s1. The molecule has 0 unspecified atom stereocenters. The second kappa shape index (κ2) is 7.38. The summed E-state index contributed by atoms with van der Waals surface area (Å²) in [6.07, 6.45) is 0. The van der Waals surface area contributed by atoms with Crippen LogP contribution in [0.2, 0.25) is 0 Å². The zero-order valence-corrected chi connectivity index (χ0v) is 14.0. The van der Waals surface area contributed by atoms with Crippen molar-refractivity contribution in [1.29, 1.82) is 0 Å². The van der Waals surface area contributed by atoms with E-state index in [2.05, 4.69) is 64.6 Å². The average molecular weight is 315 g/mol. The van der Waals surface area contributed by atoms with Gasteiger partial charge in [0.15, 0.2) is 0 Å². The molecule has 2 aromatic rings. The Morgan fingerprint density at radius 3 is 2.36 bits per heavy atom. The molecule has 1 aliphatic heterocycles. The van der Waals surface area contributed by atoms with Crippen LogP contribution in [0.3, 0.4) is 0 Å². The van der Waals surface area contributed by atoms with Crippen molar-refractivity contribution >= 4 is 11.3 Å². The van der Waals surface area contributed by atoms with Crippen molar-refractivity contribution in [2.45, 2.75) is 25.6 Å². The van der Waals surface area contributed by atoms with Gasteiger partial charge in [-0.25, -0.2) is 0 Å². The van der Waals surface area contributed by atoms with Gasteiger partial charge >= 0.3 is 0 Å². The van der Waals surface area contributed by atoms with Crippen molar-refractivity contribution in [1.82, 2.24) is 9.80 Å². The molecule has 0 amide bonds. The molecule has 2 N–H and O–H groups in total. The third kappa shape index (κ3) is 3.76. The van der Waals surface area contributed by atoms with Crippen LogP contribution in [0.1, 0.15) is 23.4 Å². The Labute approximate surface area is 137 Å². The first-order valence-electron chi connectivity index (χ1n) is 8.03. The fraction of sp³-hybridized carbons (Fsp3) is 0.444. The van der Waals surface area contributed by atoms with Gasteiger partial charge in [0, 0.05) is 43.6 Å². The number of piperazine rings is 1. The third-order valence-electron chi connectivity index (χ3n) is 4.38. The fourth-order valence-corrected chi connectivity index (χ4v) is 4.25. The van der Waals surface area contributed by atoms with E-state index in [1.807, 2.05) is 11.3 Å². The Balaban J connectivity index is 1.58. The van der Waals surface area contributed by atoms with Crippen LogP contribution in [0.5, 0.6) is 0 Å². The smallest absolute Gasteiger partial charge is 0.0591 e. The molecule has 118 valence electrons. The molecule has 3 nitrogen and oxygen atoms in total. The highest BCUT2D eigenvalue weighted by Crippen LogP contribution is 2.28. The van der Waals surface area contributed by atoms with Gasteiger partial charge in [-0.05, 0) is 23.9 Å². The minimum atomic E-state index is 0.166. The lowest BCUT2D eigenvalue weighted by Crippen LogP contribution is -2.50. The Kier molecular flexibility index (Phi) is 5.26. The van der Waals surface area contributed by atoms with Crippen molar-refractivity contribution in [2.24, 2.45) is 5.73 Å². The summed E-state index contributed by atoms with van der Waals surface area (Å²) in [5.74, 6) is 0. The van der Waals surface area contributed by atoms with E-state index in [1.54, 1.807) is 0 Å². The summed E-state index contributed by atoms with van der Waals surface area (Å²) in [6, 6.07) is 15.6. The molecule has 2 heterocycles. The van der Waals surface area contributed by atoms with E-state index in [-0.39, 0.29) is 6.04 Å². The van der Waals surface area contributed by atoms with Gasteiger partial charge in [-0.2, -0.15) is 0 Å². The molecular formula is C18H25N3S. The van der Waals surface area contributed by atoms with Crippen LogP contribution in [0.4, 0.5) is 0 Å². The van der Waals surface area contributed by atoms with E-state index < -0.39 is 0 Å². The SMILES string of the molecule is C[C@@H](N)[C@@H](c1cccs1)N1CCN(Cc2ccccc2)CC1. The van der Waals surface area contributed by atoms with E-state index in [9.17, 15) is 0 Å². The Morgan fingerprint density at radius 1 is 1.05 bits per heavy atom. The Morgan fingerprint density at radius 2 is 1.77 bits per heavy atom. The van der Waals surface area contributed by atoms with Gasteiger partial charge in [0.1, 0.15) is 0 Å². The van der Waals surface area contributed by atoms with Crippen molar-refractivity contribution in [3.8, 4) is 0 Å². The normalized spacial score (nSPS) is 19.9. The lowest BCUT2D eigenvalue weighted by molar-refractivity contribution is 0.0842. The number of nitrogens with two attached hydrogens (primary N) is 1. The Hall–Kier alpha value is -1.20. The molecule has 0 spiro atoms. The molecule has 1 fully saturated rings. The van der Waals surface area contributed by atoms with Gasteiger partial charge < -0.3 is 5.73 Å². The van der Waals surface area contributed by atoms with Crippen LogP contribution in [0.25, 0.3) is 0 Å². The second-order valence-corrected chi connectivity index (χ2v) is 7.10. The summed E-state index contributed by atoms with van der Waals surface area (Å²) < 4.78 is 0. The van der Waals surface area contributed by atoms with Gasteiger partial charge in [-0.1, -0.05) is 36.4 Å². The van der Waals surface area contributed by atoms with Crippen LogP contribution in [-0.2, 0) is 6.54 Å². The van der Waals surface area contributed by atoms with E-state index in [4.69, 9.17) is 5.73 Å². The fourth-order valence-electron chi connectivity index (χ4n) is 3.27. The number of benzene rings is 1. The molecule has 3 rings (SSSR count). The van der Waals surface area contributed by atoms with Gasteiger partial charge in [-0.3, -0.25) is 9.80 Å². The molecule has 1 aliphatic rings. The van der Waals surface area contributed by atoms with E-state index in [0.717, 1.165) is 32.7 Å². The minimum absolute atomic E-state index is 0.166. The van der Waals surface area contributed by atoms with Gasteiger partial charge in [0.2, 0.25) is 0 Å². The molecule has 1 aromatic carbocycles. The Bertz CT molecular complexity index is 545. The quantitative estimate of drug-likeness (QED) is 0.921. The third-order valence-corrected chi connectivity index (χ3v) is 5.32. The van der Waals surface area contributed by atoms with Gasteiger partial charge in [-0.15, -0.1) is 11.3 Å². The molecule has 4 heteroatoms. The molecule has 0 aliphatic carbocycles. The molecular weight excluding hydrogens is 290 g/mol. The number of hydrogen-bond donors (Lipinski definition) is 1. The van der Waals surface area contributed by atoms with Crippen LogP contribution in [0, 0.1) is 0 Å². The monoisotopic (exact) mass is 315 g/mol. The summed E-state index contributed by atoms with van der Waals surface area (Å²) in [5.41, 5.74) is 7.67. The molecule has 0 radical (unpaired) electrons. The summed E-state index contributed by atoms with van der Waals surface area (Å²) in [6.45, 7) is 7.60. The van der Waals surface area contributed by atoms with Gasteiger partial charge in [0.05, 0.1) is 6.04 Å². The molecule has 1 saturated heterocycles. The lowest BCUT2D eigenvalue weighted by atomic mass is 10.1. The van der Waals surface area contributed by atoms with E-state index >= 15 is 0 Å². The van der Waals surface area contributed by atoms with Crippen molar-refractivity contribution in [3.63, 3.8) is 0 Å². The first kappa shape index (κ1) is 15.7. The average Bonchev–Trinajstić information content (AvgIpc) is 3.04. The van der Waals surface area contributed by atoms with Crippen molar-refractivity contribution in [2.75, 3.05) is 26.2 Å². The maximum atomic E-state index is 6.27. The van der Waals surface area contributed by atoms with Crippen LogP contribution < -0.4 is 5.73 Å². The van der Waals surface area contributed by atoms with Crippen LogP contribution in [0.15, 0.2) is 47.8 Å². The molecule has 0 bridgehead atoms. The van der Waals surface area contributed by atoms with Crippen molar-refractivity contribution in [3.05, 3.63) is 58.3 Å². The zero-order valence-electron chi connectivity index (χ0n) is 13.2. The van der Waals surface area contributed by atoms with E-state index in [1.165, 1.54) is 10.4 Å². The largest absolute Gasteiger partial charge is 0.326 e. The number of thiophene rings is 1. The summed E-state index contributed by atoms with van der Waals surface area (Å²) >= 11 is 1.82. The highest BCUT2D eigenvalue weighted by Gasteiger charge is 2.28. The maximum Gasteiger partial charge on any atom is 0.0591 e. The van der Waals surface area contributed by atoms with Gasteiger partial charge in [0.25, 0.3) is 0 Å². The summed E-state index contributed by atoms with van der Waals surface area (Å²) in [5, 5.41) is 2.15. The van der Waals surface area contributed by atoms with Crippen LogP contribution >= 0.6 is 11.3 Å². The molecule has 0 saturated carbocycles. The summed E-state index contributed by atoms with van der Waals surface area (Å²) in [7, 11) is 0. The molecule has 1 aromatic heterocycles. The number of rotatable bonds is 5. The van der Waals surface area contributed by atoms with Crippen LogP contribution in [-0.4, -0.2) is 42.0 Å². The first-order chi connectivity index (χ1) is 10.7. The van der Waals surface area contributed by atoms with E-state index in [0.29, 0.717) is 6.04 Å². The second-order valence-electron chi connectivity index (χ2n) is 6.12. The predicted molar refractivity (Wildman–Crippen MR) is 94.0 cm³/mol. The molecule has 2 atom stereocenters.